The molecule has 2 atom stereocenters. The first-order chi connectivity index (χ1) is 12.8. The van der Waals surface area contributed by atoms with Crippen LogP contribution >= 0.6 is 0 Å². The number of amides is 1. The van der Waals surface area contributed by atoms with E-state index in [1.54, 1.807) is 29.3 Å². The summed E-state index contributed by atoms with van der Waals surface area (Å²) in [4.78, 5) is 18.2. The van der Waals surface area contributed by atoms with E-state index in [0.29, 0.717) is 13.0 Å². The lowest BCUT2D eigenvalue weighted by Crippen LogP contribution is -2.33. The highest BCUT2D eigenvalue weighted by Gasteiger charge is 2.30. The number of aromatic nitrogens is 2. The Balaban J connectivity index is 1.47. The molecule has 7 nitrogen and oxygen atoms in total. The van der Waals surface area contributed by atoms with Crippen molar-refractivity contribution >= 4 is 21.6 Å². The van der Waals surface area contributed by atoms with Crippen LogP contribution in [0.3, 0.4) is 0 Å². The molecule has 0 saturated carbocycles. The van der Waals surface area contributed by atoms with Gasteiger partial charge in [-0.1, -0.05) is 0 Å². The number of anilines is 1. The summed E-state index contributed by atoms with van der Waals surface area (Å²) in [5.74, 6) is 1.24. The second kappa shape index (κ2) is 6.76. The summed E-state index contributed by atoms with van der Waals surface area (Å²) in [6.45, 7) is 4.79. The topological polar surface area (TPSA) is 84.3 Å². The maximum Gasteiger partial charge on any atom is 0.240 e. The highest BCUT2D eigenvalue weighted by atomic mass is 32.2. The van der Waals surface area contributed by atoms with Crippen LogP contribution in [0.15, 0.2) is 35.5 Å². The van der Waals surface area contributed by atoms with Gasteiger partial charge in [-0.3, -0.25) is 4.79 Å². The molecule has 27 heavy (non-hydrogen) atoms. The van der Waals surface area contributed by atoms with Crippen molar-refractivity contribution in [3.63, 3.8) is 0 Å². The molecule has 1 aromatic heterocycles. The molecule has 2 aliphatic rings. The largest absolute Gasteiger partial charge is 0.335 e. The summed E-state index contributed by atoms with van der Waals surface area (Å²) in [7, 11) is -3.58. The Hall–Kier alpha value is -2.19. The molecule has 1 aromatic carbocycles. The molecule has 0 spiro atoms. The summed E-state index contributed by atoms with van der Waals surface area (Å²) >= 11 is 0. The summed E-state index contributed by atoms with van der Waals surface area (Å²) in [5, 5.41) is 0. The fourth-order valence-corrected chi connectivity index (χ4v) is 5.32. The number of sulfonamides is 1. The predicted molar refractivity (Wildman–Crippen MR) is 102 cm³/mol. The fraction of sp³-hybridized carbons (Fsp3) is 0.474. The third-order valence-electron chi connectivity index (χ3n) is 5.53. The highest BCUT2D eigenvalue weighted by Crippen LogP contribution is 2.33. The first kappa shape index (κ1) is 18.2. The molecule has 8 heteroatoms. The van der Waals surface area contributed by atoms with Crippen LogP contribution in [0.25, 0.3) is 0 Å². The zero-order valence-corrected chi connectivity index (χ0v) is 16.4. The van der Waals surface area contributed by atoms with Gasteiger partial charge in [-0.15, -0.1) is 0 Å². The van der Waals surface area contributed by atoms with Gasteiger partial charge < -0.3 is 9.47 Å². The zero-order chi connectivity index (χ0) is 19.2. The van der Waals surface area contributed by atoms with Crippen molar-refractivity contribution in [3.05, 3.63) is 42.0 Å². The number of fused-ring (bicyclic) bond motifs is 2. The monoisotopic (exact) mass is 388 g/mol. The van der Waals surface area contributed by atoms with Gasteiger partial charge in [0.25, 0.3) is 0 Å². The second-order valence-corrected chi connectivity index (χ2v) is 9.25. The predicted octanol–water partition coefficient (Wildman–Crippen LogP) is 1.72. The van der Waals surface area contributed by atoms with Crippen LogP contribution in [-0.4, -0.2) is 36.5 Å². The molecule has 3 heterocycles. The first-order valence-corrected chi connectivity index (χ1v) is 10.8. The lowest BCUT2D eigenvalue weighted by atomic mass is 9.98. The number of rotatable bonds is 4. The van der Waals surface area contributed by atoms with Gasteiger partial charge in [0.1, 0.15) is 5.82 Å². The van der Waals surface area contributed by atoms with Crippen molar-refractivity contribution in [2.75, 3.05) is 11.4 Å². The lowest BCUT2D eigenvalue weighted by Gasteiger charge is -2.23. The van der Waals surface area contributed by atoms with Crippen molar-refractivity contribution in [1.82, 2.24) is 14.3 Å². The summed E-state index contributed by atoms with van der Waals surface area (Å²) in [5.41, 5.74) is 1.72. The molecular weight excluding hydrogens is 364 g/mol. The molecule has 0 aliphatic carbocycles. The number of carbonyl (C=O) groups is 1. The Bertz CT molecular complexity index is 983. The van der Waals surface area contributed by atoms with Gasteiger partial charge in [-0.2, -0.15) is 0 Å². The van der Waals surface area contributed by atoms with Gasteiger partial charge in [-0.25, -0.2) is 18.1 Å². The van der Waals surface area contributed by atoms with Crippen LogP contribution in [0, 0.1) is 5.92 Å². The molecule has 2 aliphatic heterocycles. The summed E-state index contributed by atoms with van der Waals surface area (Å²) in [6.07, 6.45) is 6.14. The average Bonchev–Trinajstić information content (AvgIpc) is 3.21. The van der Waals surface area contributed by atoms with E-state index < -0.39 is 10.0 Å². The van der Waals surface area contributed by atoms with Gasteiger partial charge in [-0.05, 0) is 49.4 Å². The van der Waals surface area contributed by atoms with E-state index >= 15 is 0 Å². The minimum Gasteiger partial charge on any atom is -0.335 e. The number of aryl methyl sites for hydroxylation is 1. The first-order valence-electron chi connectivity index (χ1n) is 9.27. The molecular formula is C19H24N4O3S. The van der Waals surface area contributed by atoms with E-state index in [4.69, 9.17) is 0 Å². The smallest absolute Gasteiger partial charge is 0.240 e. The lowest BCUT2D eigenvalue weighted by molar-refractivity contribution is -0.116. The number of benzene rings is 1. The molecule has 1 amide bonds. The molecule has 1 N–H and O–H groups in total. The van der Waals surface area contributed by atoms with Crippen LogP contribution in [0.1, 0.15) is 31.7 Å². The molecule has 4 rings (SSSR count). The number of hydrogen-bond donors (Lipinski definition) is 1. The highest BCUT2D eigenvalue weighted by molar-refractivity contribution is 7.89. The zero-order valence-electron chi connectivity index (χ0n) is 15.6. The van der Waals surface area contributed by atoms with Gasteiger partial charge in [0.15, 0.2) is 0 Å². The number of carbonyl (C=O) groups excluding carboxylic acids is 1. The van der Waals surface area contributed by atoms with Crippen LogP contribution in [0.5, 0.6) is 0 Å². The molecule has 0 fully saturated rings. The molecule has 0 bridgehead atoms. The van der Waals surface area contributed by atoms with E-state index in [1.165, 1.54) is 6.92 Å². The Kier molecular flexibility index (Phi) is 4.55. The van der Waals surface area contributed by atoms with Crippen LogP contribution < -0.4 is 9.62 Å². The van der Waals surface area contributed by atoms with E-state index in [0.717, 1.165) is 36.5 Å². The van der Waals surface area contributed by atoms with Crippen molar-refractivity contribution < 1.29 is 13.2 Å². The van der Waals surface area contributed by atoms with Crippen molar-refractivity contribution in [3.8, 4) is 0 Å². The number of nitrogens with one attached hydrogen (secondary N) is 1. The van der Waals surface area contributed by atoms with Crippen molar-refractivity contribution in [2.45, 2.75) is 50.6 Å². The van der Waals surface area contributed by atoms with E-state index in [2.05, 4.69) is 14.3 Å². The number of hydrogen-bond acceptors (Lipinski definition) is 4. The van der Waals surface area contributed by atoms with Gasteiger partial charge in [0, 0.05) is 50.6 Å². The molecule has 144 valence electrons. The molecule has 0 radical (unpaired) electrons. The Morgan fingerprint density at radius 3 is 2.93 bits per heavy atom. The van der Waals surface area contributed by atoms with Crippen LogP contribution in [0.2, 0.25) is 0 Å². The fourth-order valence-electron chi connectivity index (χ4n) is 4.16. The SMILES string of the molecule is CC(=O)N1c2ccc(S(=O)(=O)NC[C@H]3CCn4ccnc4C3)cc2C[C@H]1C. The maximum absolute atomic E-state index is 12.8. The Morgan fingerprint density at radius 1 is 1.33 bits per heavy atom. The summed E-state index contributed by atoms with van der Waals surface area (Å²) < 4.78 is 30.4. The van der Waals surface area contributed by atoms with Crippen molar-refractivity contribution in [2.24, 2.45) is 5.92 Å². The van der Waals surface area contributed by atoms with E-state index in [1.807, 2.05) is 13.1 Å². The maximum atomic E-state index is 12.8. The third kappa shape index (κ3) is 3.39. The van der Waals surface area contributed by atoms with E-state index in [-0.39, 0.29) is 22.8 Å². The minimum absolute atomic E-state index is 0.0226. The normalized spacial score (nSPS) is 21.8. The van der Waals surface area contributed by atoms with Gasteiger partial charge >= 0.3 is 0 Å². The number of nitrogens with zero attached hydrogens (tertiary/aromatic N) is 3. The third-order valence-corrected chi connectivity index (χ3v) is 6.95. The quantitative estimate of drug-likeness (QED) is 0.864. The minimum atomic E-state index is -3.58. The van der Waals surface area contributed by atoms with Gasteiger partial charge in [0.05, 0.1) is 4.90 Å². The standard InChI is InChI=1S/C19H24N4O3S/c1-13-9-16-11-17(3-4-18(16)23(13)14(2)24)27(25,26)21-12-15-5-7-22-8-6-20-19(22)10-15/h3-4,6,8,11,13,15,21H,5,7,9-10,12H2,1-2H3/t13-,15+/m1/s1. The van der Waals surface area contributed by atoms with Gasteiger partial charge in [0.2, 0.25) is 15.9 Å². The van der Waals surface area contributed by atoms with Crippen LogP contribution in [-0.2, 0) is 34.2 Å². The molecule has 2 aromatic rings. The Labute approximate surface area is 159 Å². The average molecular weight is 388 g/mol. The number of imidazole rings is 1. The second-order valence-electron chi connectivity index (χ2n) is 7.48. The van der Waals surface area contributed by atoms with Crippen LogP contribution in [0.4, 0.5) is 5.69 Å². The summed E-state index contributed by atoms with van der Waals surface area (Å²) in [6, 6.07) is 5.08. The Morgan fingerprint density at radius 2 is 2.15 bits per heavy atom. The molecule has 0 unspecified atom stereocenters. The van der Waals surface area contributed by atoms with Crippen molar-refractivity contribution in [1.29, 1.82) is 0 Å². The molecule has 0 saturated heterocycles. The van der Waals surface area contributed by atoms with E-state index in [9.17, 15) is 13.2 Å².